The van der Waals surface area contributed by atoms with Crippen molar-refractivity contribution in [2.75, 3.05) is 39.2 Å². The number of nitrogens with one attached hydrogen (secondary N) is 1. The fraction of sp³-hybridized carbons (Fsp3) is 0.632. The van der Waals surface area contributed by atoms with Crippen molar-refractivity contribution in [3.8, 4) is 5.75 Å². The molecule has 0 heterocycles. The summed E-state index contributed by atoms with van der Waals surface area (Å²) in [6.07, 6.45) is 3.03. The van der Waals surface area contributed by atoms with E-state index in [1.54, 1.807) is 0 Å². The molecule has 1 N–H and O–H groups in total. The van der Waals surface area contributed by atoms with Gasteiger partial charge in [-0.05, 0) is 70.5 Å². The van der Waals surface area contributed by atoms with Gasteiger partial charge in [-0.15, -0.1) is 0 Å². The van der Waals surface area contributed by atoms with Crippen LogP contribution in [-0.4, -0.2) is 50.3 Å². The lowest BCUT2D eigenvalue weighted by Crippen LogP contribution is -2.45. The lowest BCUT2D eigenvalue weighted by atomic mass is 9.98. The molecule has 134 valence electrons. The number of nitrogens with zero attached hydrogens (tertiary/aromatic N) is 1. The van der Waals surface area contributed by atoms with E-state index < -0.39 is 5.60 Å². The number of likely N-dealkylation sites (N-methyl/N-ethyl adjacent to an activating group) is 1. The average Bonchev–Trinajstić information content (AvgIpc) is 3.39. The summed E-state index contributed by atoms with van der Waals surface area (Å²) in [5.41, 5.74) is 0.0450. The number of hydrogen-bond acceptors (Lipinski definition) is 4. The van der Waals surface area contributed by atoms with Crippen LogP contribution in [0, 0.1) is 5.92 Å². The number of hydrogen-bond donors (Lipinski definition) is 1. The zero-order valence-electron chi connectivity index (χ0n) is 15.3. The first kappa shape index (κ1) is 18.7. The standard InChI is InChI=1S/C19H30N2O3/c1-5-13-24-19(2,15-6-7-15)18(22)20-16-8-10-17(11-9-16)23-14-12-21(3)4/h8-11,15H,5-7,12-14H2,1-4H3,(H,20,22)/t19-/m0/s1. The van der Waals surface area contributed by atoms with Crippen molar-refractivity contribution in [1.82, 2.24) is 4.90 Å². The van der Waals surface area contributed by atoms with Gasteiger partial charge in [0.1, 0.15) is 18.0 Å². The van der Waals surface area contributed by atoms with Crippen molar-refractivity contribution >= 4 is 11.6 Å². The van der Waals surface area contributed by atoms with Crippen LogP contribution in [0.25, 0.3) is 0 Å². The molecule has 0 bridgehead atoms. The van der Waals surface area contributed by atoms with Crippen LogP contribution in [0.4, 0.5) is 5.69 Å². The van der Waals surface area contributed by atoms with E-state index in [0.717, 1.165) is 37.2 Å². The van der Waals surface area contributed by atoms with Crippen LogP contribution in [0.2, 0.25) is 0 Å². The maximum atomic E-state index is 12.7. The molecule has 1 amide bonds. The van der Waals surface area contributed by atoms with Gasteiger partial charge in [0.05, 0.1) is 0 Å². The van der Waals surface area contributed by atoms with Gasteiger partial charge in [-0.1, -0.05) is 6.92 Å². The molecule has 1 aliphatic carbocycles. The Morgan fingerprint density at radius 1 is 1.25 bits per heavy atom. The minimum absolute atomic E-state index is 0.0558. The molecule has 0 saturated heterocycles. The Kier molecular flexibility index (Phi) is 6.63. The van der Waals surface area contributed by atoms with Gasteiger partial charge in [-0.3, -0.25) is 4.79 Å². The molecule has 2 rings (SSSR count). The number of amides is 1. The second-order valence-electron chi connectivity index (χ2n) is 6.86. The fourth-order valence-electron chi connectivity index (χ4n) is 2.55. The largest absolute Gasteiger partial charge is 0.492 e. The summed E-state index contributed by atoms with van der Waals surface area (Å²) >= 11 is 0. The predicted molar refractivity (Wildman–Crippen MR) is 96.5 cm³/mol. The second-order valence-corrected chi connectivity index (χ2v) is 6.86. The van der Waals surface area contributed by atoms with Gasteiger partial charge >= 0.3 is 0 Å². The van der Waals surface area contributed by atoms with Crippen LogP contribution < -0.4 is 10.1 Å². The lowest BCUT2D eigenvalue weighted by Gasteiger charge is -2.28. The molecule has 24 heavy (non-hydrogen) atoms. The molecule has 0 unspecified atom stereocenters. The van der Waals surface area contributed by atoms with E-state index in [2.05, 4.69) is 17.1 Å². The molecule has 1 atom stereocenters. The van der Waals surface area contributed by atoms with Crippen molar-refractivity contribution in [3.63, 3.8) is 0 Å². The topological polar surface area (TPSA) is 50.8 Å². The van der Waals surface area contributed by atoms with Gasteiger partial charge in [-0.2, -0.15) is 0 Å². The maximum Gasteiger partial charge on any atom is 0.256 e. The zero-order chi connectivity index (χ0) is 17.6. The van der Waals surface area contributed by atoms with E-state index in [4.69, 9.17) is 9.47 Å². The van der Waals surface area contributed by atoms with Gasteiger partial charge in [0.2, 0.25) is 0 Å². The minimum atomic E-state index is -0.725. The first-order valence-corrected chi connectivity index (χ1v) is 8.78. The van der Waals surface area contributed by atoms with Crippen LogP contribution in [-0.2, 0) is 9.53 Å². The predicted octanol–water partition coefficient (Wildman–Crippen LogP) is 3.16. The first-order chi connectivity index (χ1) is 11.5. The molecule has 5 nitrogen and oxygen atoms in total. The van der Waals surface area contributed by atoms with E-state index in [-0.39, 0.29) is 5.91 Å². The quantitative estimate of drug-likeness (QED) is 0.714. The van der Waals surface area contributed by atoms with Gasteiger partial charge in [0, 0.05) is 18.8 Å². The highest BCUT2D eigenvalue weighted by atomic mass is 16.5. The number of carbonyl (C=O) groups is 1. The summed E-state index contributed by atoms with van der Waals surface area (Å²) in [5.74, 6) is 1.08. The van der Waals surface area contributed by atoms with Crippen LogP contribution in [0.3, 0.4) is 0 Å². The smallest absolute Gasteiger partial charge is 0.256 e. The molecule has 0 aromatic heterocycles. The normalized spacial score (nSPS) is 16.7. The summed E-state index contributed by atoms with van der Waals surface area (Å²) in [4.78, 5) is 14.8. The zero-order valence-corrected chi connectivity index (χ0v) is 15.3. The summed E-state index contributed by atoms with van der Waals surface area (Å²) < 4.78 is 11.6. The Balaban J connectivity index is 1.90. The molecule has 1 aromatic carbocycles. The Labute approximate surface area is 145 Å². The molecule has 1 saturated carbocycles. The van der Waals surface area contributed by atoms with Crippen LogP contribution in [0.15, 0.2) is 24.3 Å². The van der Waals surface area contributed by atoms with Crippen molar-refractivity contribution in [2.24, 2.45) is 5.92 Å². The van der Waals surface area contributed by atoms with Gasteiger partial charge in [0.25, 0.3) is 5.91 Å². The van der Waals surface area contributed by atoms with E-state index in [1.165, 1.54) is 0 Å². The van der Waals surface area contributed by atoms with Gasteiger partial charge < -0.3 is 19.7 Å². The van der Waals surface area contributed by atoms with Crippen molar-refractivity contribution in [2.45, 2.75) is 38.7 Å². The van der Waals surface area contributed by atoms with Gasteiger partial charge in [-0.25, -0.2) is 0 Å². The Morgan fingerprint density at radius 3 is 2.46 bits per heavy atom. The molecule has 1 aromatic rings. The molecular formula is C19H30N2O3. The van der Waals surface area contributed by atoms with Crippen LogP contribution in [0.5, 0.6) is 5.75 Å². The molecule has 0 aliphatic heterocycles. The summed E-state index contributed by atoms with van der Waals surface area (Å²) in [6.45, 7) is 6.09. The van der Waals surface area contributed by atoms with Crippen molar-refractivity contribution in [1.29, 1.82) is 0 Å². The van der Waals surface area contributed by atoms with E-state index in [0.29, 0.717) is 19.1 Å². The Morgan fingerprint density at radius 2 is 1.92 bits per heavy atom. The highest BCUT2D eigenvalue weighted by Gasteiger charge is 2.48. The fourth-order valence-corrected chi connectivity index (χ4v) is 2.55. The van der Waals surface area contributed by atoms with Crippen LogP contribution >= 0.6 is 0 Å². The number of rotatable bonds is 10. The molecule has 1 aliphatic rings. The average molecular weight is 334 g/mol. The van der Waals surface area contributed by atoms with E-state index in [1.807, 2.05) is 45.3 Å². The monoisotopic (exact) mass is 334 g/mol. The molecule has 1 fully saturated rings. The Bertz CT molecular complexity index is 526. The number of anilines is 1. The van der Waals surface area contributed by atoms with E-state index in [9.17, 15) is 4.79 Å². The minimum Gasteiger partial charge on any atom is -0.492 e. The highest BCUT2D eigenvalue weighted by Crippen LogP contribution is 2.42. The first-order valence-electron chi connectivity index (χ1n) is 8.78. The van der Waals surface area contributed by atoms with Gasteiger partial charge in [0.15, 0.2) is 0 Å². The van der Waals surface area contributed by atoms with Crippen LogP contribution in [0.1, 0.15) is 33.1 Å². The summed E-state index contributed by atoms with van der Waals surface area (Å²) in [6, 6.07) is 7.51. The molecular weight excluding hydrogens is 304 g/mol. The molecule has 0 radical (unpaired) electrons. The number of ether oxygens (including phenoxy) is 2. The summed E-state index contributed by atoms with van der Waals surface area (Å²) in [7, 11) is 4.03. The van der Waals surface area contributed by atoms with Crippen molar-refractivity contribution in [3.05, 3.63) is 24.3 Å². The second kappa shape index (κ2) is 8.49. The number of carbonyl (C=O) groups excluding carboxylic acids is 1. The van der Waals surface area contributed by atoms with Crippen molar-refractivity contribution < 1.29 is 14.3 Å². The third-order valence-electron chi connectivity index (χ3n) is 4.33. The highest BCUT2D eigenvalue weighted by molar-refractivity contribution is 5.97. The Hall–Kier alpha value is -1.59. The lowest BCUT2D eigenvalue weighted by molar-refractivity contribution is -0.142. The third kappa shape index (κ3) is 5.21. The molecule has 5 heteroatoms. The van der Waals surface area contributed by atoms with E-state index >= 15 is 0 Å². The third-order valence-corrected chi connectivity index (χ3v) is 4.33. The summed E-state index contributed by atoms with van der Waals surface area (Å²) in [5, 5.41) is 2.99. The molecule has 0 spiro atoms. The SMILES string of the molecule is CCCO[C@](C)(C(=O)Nc1ccc(OCCN(C)C)cc1)C1CC1. The number of benzene rings is 1. The maximum absolute atomic E-state index is 12.7.